The summed E-state index contributed by atoms with van der Waals surface area (Å²) in [5.41, 5.74) is 0. The summed E-state index contributed by atoms with van der Waals surface area (Å²) in [6, 6.07) is 0. The number of hydrogen-bond acceptors (Lipinski definition) is 6. The van der Waals surface area contributed by atoms with E-state index in [2.05, 4.69) is 69.4 Å². The van der Waals surface area contributed by atoms with E-state index in [1.165, 1.54) is 141 Å². The third kappa shape index (κ3) is 50.2. The number of unbranched alkanes of at least 4 members (excludes halogenated alkanes) is 30. The molecule has 0 saturated carbocycles. The van der Waals surface area contributed by atoms with Crippen molar-refractivity contribution in [1.29, 1.82) is 0 Å². The van der Waals surface area contributed by atoms with E-state index in [0.717, 1.165) is 96.3 Å². The summed E-state index contributed by atoms with van der Waals surface area (Å²) in [6.45, 7) is 6.52. The number of allylic oxidation sites excluding steroid dienone is 8. The van der Waals surface area contributed by atoms with Gasteiger partial charge >= 0.3 is 17.9 Å². The van der Waals surface area contributed by atoms with Crippen LogP contribution in [0.2, 0.25) is 0 Å². The fraction of sp³-hybridized carbons (Fsp3) is 0.807. The second-order valence-corrected chi connectivity index (χ2v) is 18.1. The van der Waals surface area contributed by atoms with Gasteiger partial charge in [-0.3, -0.25) is 14.4 Å². The van der Waals surface area contributed by atoms with E-state index >= 15 is 0 Å². The molecule has 0 amide bonds. The standard InChI is InChI=1S/C57H102O6/c1-4-7-10-13-16-19-22-24-26-28-29-31-32-35-38-41-44-47-50-56(59)62-53-54(52-61-55(58)49-46-43-40-37-34-21-18-15-12-9-6-3)63-57(60)51-48-45-42-39-36-33-30-27-25-23-20-17-14-11-8-5-2/h8,11,17,20,25,27,29,31,54H,4-7,9-10,12-16,18-19,21-24,26,28,30,32-53H2,1-3H3/b11-8-,20-17-,27-25-,31-29-. The molecular weight excluding hydrogens is 781 g/mol. The van der Waals surface area contributed by atoms with Crippen molar-refractivity contribution < 1.29 is 28.6 Å². The first kappa shape index (κ1) is 60.4. The molecule has 6 heteroatoms. The molecule has 0 bridgehead atoms. The molecule has 0 aromatic carbocycles. The Morgan fingerprint density at radius 2 is 0.619 bits per heavy atom. The van der Waals surface area contributed by atoms with E-state index in [4.69, 9.17) is 14.2 Å². The van der Waals surface area contributed by atoms with E-state index < -0.39 is 6.10 Å². The normalized spacial score (nSPS) is 12.4. The fourth-order valence-electron chi connectivity index (χ4n) is 7.75. The zero-order valence-corrected chi connectivity index (χ0v) is 41.8. The van der Waals surface area contributed by atoms with Crippen molar-refractivity contribution in [3.05, 3.63) is 48.6 Å². The van der Waals surface area contributed by atoms with Crippen molar-refractivity contribution >= 4 is 17.9 Å². The molecule has 6 nitrogen and oxygen atoms in total. The SMILES string of the molecule is CC/C=C\C/C=C\C/C=C\CCCCCCCCC(=O)OC(COC(=O)CCCCCCC/C=C\CCCCCCCCCCC)COC(=O)CCCCCCCCCCCCC. The molecule has 0 rings (SSSR count). The van der Waals surface area contributed by atoms with Gasteiger partial charge in [0.2, 0.25) is 0 Å². The third-order valence-electron chi connectivity index (χ3n) is 11.8. The lowest BCUT2D eigenvalue weighted by Gasteiger charge is -2.18. The molecular formula is C57H102O6. The van der Waals surface area contributed by atoms with E-state index in [1.807, 2.05) is 0 Å². The van der Waals surface area contributed by atoms with Gasteiger partial charge in [0, 0.05) is 19.3 Å². The highest BCUT2D eigenvalue weighted by Gasteiger charge is 2.19. The van der Waals surface area contributed by atoms with Crippen LogP contribution in [0.1, 0.15) is 278 Å². The lowest BCUT2D eigenvalue weighted by molar-refractivity contribution is -0.167. The topological polar surface area (TPSA) is 78.9 Å². The molecule has 0 aliphatic heterocycles. The van der Waals surface area contributed by atoms with Crippen LogP contribution in [0.5, 0.6) is 0 Å². The van der Waals surface area contributed by atoms with Gasteiger partial charge in [-0.25, -0.2) is 0 Å². The zero-order valence-electron chi connectivity index (χ0n) is 41.8. The van der Waals surface area contributed by atoms with Crippen molar-refractivity contribution in [2.45, 2.75) is 284 Å². The molecule has 0 aliphatic rings. The summed E-state index contributed by atoms with van der Waals surface area (Å²) in [5, 5.41) is 0. The molecule has 0 saturated heterocycles. The molecule has 0 N–H and O–H groups in total. The molecule has 366 valence electrons. The minimum atomic E-state index is -0.780. The Labute approximate surface area is 390 Å². The molecule has 0 aromatic rings. The summed E-state index contributed by atoms with van der Waals surface area (Å²) < 4.78 is 16.8. The molecule has 0 aliphatic carbocycles. The third-order valence-corrected chi connectivity index (χ3v) is 11.8. The highest BCUT2D eigenvalue weighted by atomic mass is 16.6. The molecule has 0 spiro atoms. The van der Waals surface area contributed by atoms with Gasteiger partial charge in [-0.15, -0.1) is 0 Å². The van der Waals surface area contributed by atoms with Gasteiger partial charge in [-0.1, -0.05) is 230 Å². The highest BCUT2D eigenvalue weighted by molar-refractivity contribution is 5.71. The lowest BCUT2D eigenvalue weighted by Crippen LogP contribution is -2.30. The Morgan fingerprint density at radius 1 is 0.333 bits per heavy atom. The maximum absolute atomic E-state index is 12.8. The summed E-state index contributed by atoms with van der Waals surface area (Å²) in [4.78, 5) is 38.0. The first-order valence-corrected chi connectivity index (χ1v) is 27.1. The van der Waals surface area contributed by atoms with Crippen LogP contribution in [-0.2, 0) is 28.6 Å². The Morgan fingerprint density at radius 3 is 0.984 bits per heavy atom. The zero-order chi connectivity index (χ0) is 45.8. The number of hydrogen-bond donors (Lipinski definition) is 0. The van der Waals surface area contributed by atoms with E-state index in [0.29, 0.717) is 19.3 Å². The quantitative estimate of drug-likeness (QED) is 0.0262. The van der Waals surface area contributed by atoms with Gasteiger partial charge < -0.3 is 14.2 Å². The maximum Gasteiger partial charge on any atom is 0.306 e. The Hall–Kier alpha value is -2.63. The number of esters is 3. The minimum absolute atomic E-state index is 0.0788. The summed E-state index contributed by atoms with van der Waals surface area (Å²) in [6.07, 6.45) is 62.4. The first-order chi connectivity index (χ1) is 31.0. The Balaban J connectivity index is 4.36. The van der Waals surface area contributed by atoms with Gasteiger partial charge in [-0.05, 0) is 77.0 Å². The van der Waals surface area contributed by atoms with E-state index in [9.17, 15) is 14.4 Å². The van der Waals surface area contributed by atoms with Crippen molar-refractivity contribution in [3.63, 3.8) is 0 Å². The van der Waals surface area contributed by atoms with Crippen LogP contribution in [0.3, 0.4) is 0 Å². The van der Waals surface area contributed by atoms with Crippen molar-refractivity contribution in [1.82, 2.24) is 0 Å². The number of carbonyl (C=O) groups excluding carboxylic acids is 3. The van der Waals surface area contributed by atoms with Crippen LogP contribution in [0, 0.1) is 0 Å². The van der Waals surface area contributed by atoms with E-state index in [-0.39, 0.29) is 31.1 Å². The van der Waals surface area contributed by atoms with Gasteiger partial charge in [0.1, 0.15) is 13.2 Å². The van der Waals surface area contributed by atoms with Gasteiger partial charge in [0.05, 0.1) is 0 Å². The molecule has 1 atom stereocenters. The van der Waals surface area contributed by atoms with Gasteiger partial charge in [0.25, 0.3) is 0 Å². The molecule has 0 aromatic heterocycles. The largest absolute Gasteiger partial charge is 0.462 e. The van der Waals surface area contributed by atoms with Gasteiger partial charge in [0.15, 0.2) is 6.10 Å². The number of rotatable bonds is 49. The van der Waals surface area contributed by atoms with Crippen molar-refractivity contribution in [2.75, 3.05) is 13.2 Å². The van der Waals surface area contributed by atoms with E-state index in [1.54, 1.807) is 0 Å². The second-order valence-electron chi connectivity index (χ2n) is 18.1. The first-order valence-electron chi connectivity index (χ1n) is 27.1. The summed E-state index contributed by atoms with van der Waals surface area (Å²) in [7, 11) is 0. The van der Waals surface area contributed by atoms with Crippen LogP contribution < -0.4 is 0 Å². The highest BCUT2D eigenvalue weighted by Crippen LogP contribution is 2.15. The summed E-state index contributed by atoms with van der Waals surface area (Å²) in [5.74, 6) is -0.891. The maximum atomic E-state index is 12.8. The van der Waals surface area contributed by atoms with Crippen LogP contribution >= 0.6 is 0 Å². The smallest absolute Gasteiger partial charge is 0.306 e. The average molecular weight is 883 g/mol. The van der Waals surface area contributed by atoms with Crippen molar-refractivity contribution in [3.8, 4) is 0 Å². The minimum Gasteiger partial charge on any atom is -0.462 e. The molecule has 63 heavy (non-hydrogen) atoms. The van der Waals surface area contributed by atoms with Gasteiger partial charge in [-0.2, -0.15) is 0 Å². The predicted octanol–water partition coefficient (Wildman–Crippen LogP) is 17.9. The Kier molecular flexibility index (Phi) is 49.8. The molecule has 0 radical (unpaired) electrons. The van der Waals surface area contributed by atoms with Crippen LogP contribution in [0.25, 0.3) is 0 Å². The average Bonchev–Trinajstić information content (AvgIpc) is 3.28. The Bertz CT molecular complexity index is 1110. The van der Waals surface area contributed by atoms with Crippen LogP contribution in [0.4, 0.5) is 0 Å². The molecule has 0 fully saturated rings. The monoisotopic (exact) mass is 883 g/mol. The van der Waals surface area contributed by atoms with Crippen molar-refractivity contribution in [2.24, 2.45) is 0 Å². The number of ether oxygens (including phenoxy) is 3. The van der Waals surface area contributed by atoms with Crippen LogP contribution in [-0.4, -0.2) is 37.2 Å². The lowest BCUT2D eigenvalue weighted by atomic mass is 10.1. The number of carbonyl (C=O) groups is 3. The molecule has 1 unspecified atom stereocenters. The van der Waals surface area contributed by atoms with Crippen LogP contribution in [0.15, 0.2) is 48.6 Å². The second kappa shape index (κ2) is 52.0. The predicted molar refractivity (Wildman–Crippen MR) is 270 cm³/mol. The molecule has 0 heterocycles. The fourth-order valence-corrected chi connectivity index (χ4v) is 7.75. The summed E-state index contributed by atoms with van der Waals surface area (Å²) >= 11 is 0.